The molecule has 1 rings (SSSR count). The largest absolute Gasteiger partial charge is 0.595 e. The smallest absolute Gasteiger partial charge is 0.313 e. The van der Waals surface area contributed by atoms with E-state index < -0.39 is 8.03 Å². The molecule has 14 heavy (non-hydrogen) atoms. The van der Waals surface area contributed by atoms with Crippen molar-refractivity contribution in [3.8, 4) is 0 Å². The number of rotatable bonds is 3. The van der Waals surface area contributed by atoms with Crippen LogP contribution >= 0.6 is 8.03 Å². The van der Waals surface area contributed by atoms with Gasteiger partial charge < -0.3 is 4.89 Å². The van der Waals surface area contributed by atoms with Crippen LogP contribution in [0, 0.1) is 0 Å². The Morgan fingerprint density at radius 3 is 2.00 bits per heavy atom. The van der Waals surface area contributed by atoms with Crippen LogP contribution in [0.15, 0.2) is 30.3 Å². The molecule has 0 aromatic heterocycles. The molecule has 0 saturated heterocycles. The molecule has 2 nitrogen and oxygen atoms in total. The minimum atomic E-state index is -2.28. The molecule has 0 spiro atoms. The van der Waals surface area contributed by atoms with Gasteiger partial charge in [0.05, 0.1) is 0 Å². The van der Waals surface area contributed by atoms with Crippen LogP contribution in [0.1, 0.15) is 32.3 Å². The maximum Gasteiger partial charge on any atom is 0.313 e. The van der Waals surface area contributed by atoms with E-state index in [0.717, 1.165) is 5.56 Å². The summed E-state index contributed by atoms with van der Waals surface area (Å²) in [6.45, 7) is 4.36. The standard InChI is InChI=1S/C7H7O2P.C4H10/c8-10(9)6-7-4-2-1-3-5-7;1-3-4-2/h1-5H,6H2;3-4H2,1-2H3. The van der Waals surface area contributed by atoms with Gasteiger partial charge in [-0.25, -0.2) is 0 Å². The van der Waals surface area contributed by atoms with Crippen molar-refractivity contribution in [3.63, 3.8) is 0 Å². The molecular weight excluding hydrogens is 195 g/mol. The van der Waals surface area contributed by atoms with Gasteiger partial charge in [0.2, 0.25) is 0 Å². The number of hydrogen-bond acceptors (Lipinski definition) is 2. The second kappa shape index (κ2) is 8.86. The van der Waals surface area contributed by atoms with Gasteiger partial charge in [-0.05, 0) is 5.56 Å². The quantitative estimate of drug-likeness (QED) is 0.722. The summed E-state index contributed by atoms with van der Waals surface area (Å²) in [4.78, 5) is 10.2. The maximum atomic E-state index is 10.2. The zero-order valence-electron chi connectivity index (χ0n) is 8.77. The summed E-state index contributed by atoms with van der Waals surface area (Å²) in [5.41, 5.74) is 0.846. The monoisotopic (exact) mass is 212 g/mol. The molecule has 1 unspecified atom stereocenters. The molecule has 0 heterocycles. The second-order valence-corrected chi connectivity index (χ2v) is 3.96. The number of benzene rings is 1. The first-order valence-corrected chi connectivity index (χ1v) is 6.22. The molecule has 1 aromatic carbocycles. The van der Waals surface area contributed by atoms with Crippen molar-refractivity contribution < 1.29 is 9.46 Å². The van der Waals surface area contributed by atoms with Crippen molar-refractivity contribution in [2.45, 2.75) is 32.9 Å². The lowest BCUT2D eigenvalue weighted by Gasteiger charge is -1.90. The Labute approximate surface area is 86.8 Å². The van der Waals surface area contributed by atoms with Gasteiger partial charge in [0, 0.05) is 0 Å². The van der Waals surface area contributed by atoms with E-state index in [1.807, 2.05) is 18.2 Å². The molecule has 78 valence electrons. The Morgan fingerprint density at radius 2 is 1.64 bits per heavy atom. The zero-order valence-corrected chi connectivity index (χ0v) is 9.67. The minimum absolute atomic E-state index is 0.149. The van der Waals surface area contributed by atoms with Gasteiger partial charge in [-0.1, -0.05) is 61.6 Å². The van der Waals surface area contributed by atoms with Crippen molar-refractivity contribution in [2.75, 3.05) is 0 Å². The normalized spacial score (nSPS) is 10.1. The van der Waals surface area contributed by atoms with Gasteiger partial charge in [-0.15, -0.1) is 0 Å². The molecule has 3 heteroatoms. The zero-order chi connectivity index (χ0) is 10.8. The summed E-state index contributed by atoms with van der Waals surface area (Å²) in [5.74, 6) is 0. The van der Waals surface area contributed by atoms with E-state index >= 15 is 0 Å². The summed E-state index contributed by atoms with van der Waals surface area (Å²) < 4.78 is 10.2. The van der Waals surface area contributed by atoms with Crippen molar-refractivity contribution in [3.05, 3.63) is 35.9 Å². The first kappa shape index (κ1) is 13.3. The molecule has 0 N–H and O–H groups in total. The molecule has 0 aliphatic carbocycles. The predicted octanol–water partition coefficient (Wildman–Crippen LogP) is 3.10. The summed E-state index contributed by atoms with van der Waals surface area (Å²) in [5, 5.41) is 0. The van der Waals surface area contributed by atoms with Crippen LogP contribution in [0.2, 0.25) is 0 Å². The van der Waals surface area contributed by atoms with Crippen molar-refractivity contribution >= 4 is 8.03 Å². The third-order valence-corrected chi connectivity index (χ3v) is 2.28. The van der Waals surface area contributed by atoms with Gasteiger partial charge in [0.15, 0.2) is 6.16 Å². The van der Waals surface area contributed by atoms with Gasteiger partial charge in [0.1, 0.15) is 0 Å². The summed E-state index contributed by atoms with van der Waals surface area (Å²) in [7, 11) is -2.28. The topological polar surface area (TPSA) is 40.1 Å². The third kappa shape index (κ3) is 7.90. The maximum absolute atomic E-state index is 10.2. The van der Waals surface area contributed by atoms with E-state index in [1.54, 1.807) is 12.1 Å². The summed E-state index contributed by atoms with van der Waals surface area (Å²) in [6.07, 6.45) is 2.79. The van der Waals surface area contributed by atoms with Crippen LogP contribution in [-0.4, -0.2) is 0 Å². The molecule has 0 aliphatic rings. The van der Waals surface area contributed by atoms with E-state index in [4.69, 9.17) is 0 Å². The van der Waals surface area contributed by atoms with Crippen molar-refractivity contribution in [2.24, 2.45) is 0 Å². The lowest BCUT2D eigenvalue weighted by atomic mass is 10.2. The van der Waals surface area contributed by atoms with E-state index in [1.165, 1.54) is 12.8 Å². The second-order valence-electron chi connectivity index (χ2n) is 2.98. The lowest BCUT2D eigenvalue weighted by Crippen LogP contribution is -1.88. The Morgan fingerprint density at radius 1 is 1.14 bits per heavy atom. The number of hydrogen-bond donors (Lipinski definition) is 0. The molecule has 0 aliphatic heterocycles. The molecule has 0 amide bonds. The van der Waals surface area contributed by atoms with Crippen LogP contribution in [0.5, 0.6) is 0 Å². The van der Waals surface area contributed by atoms with Gasteiger partial charge in [0.25, 0.3) is 0 Å². The van der Waals surface area contributed by atoms with Gasteiger partial charge in [-0.3, -0.25) is 0 Å². The van der Waals surface area contributed by atoms with E-state index in [-0.39, 0.29) is 6.16 Å². The van der Waals surface area contributed by atoms with Crippen molar-refractivity contribution in [1.82, 2.24) is 0 Å². The van der Waals surface area contributed by atoms with Gasteiger partial charge in [-0.2, -0.15) is 0 Å². The van der Waals surface area contributed by atoms with Crippen LogP contribution in [-0.2, 0) is 10.7 Å². The van der Waals surface area contributed by atoms with Crippen LogP contribution in [0.4, 0.5) is 0 Å². The third-order valence-electron chi connectivity index (χ3n) is 1.65. The van der Waals surface area contributed by atoms with Crippen LogP contribution < -0.4 is 4.89 Å². The fraction of sp³-hybridized carbons (Fsp3) is 0.455. The van der Waals surface area contributed by atoms with E-state index in [0.29, 0.717) is 0 Å². The highest BCUT2D eigenvalue weighted by Gasteiger charge is 2.00. The Balaban J connectivity index is 0.000000364. The highest BCUT2D eigenvalue weighted by Crippen LogP contribution is 2.15. The van der Waals surface area contributed by atoms with Crippen molar-refractivity contribution in [1.29, 1.82) is 0 Å². The van der Waals surface area contributed by atoms with Crippen LogP contribution in [0.3, 0.4) is 0 Å². The van der Waals surface area contributed by atoms with Crippen LogP contribution in [0.25, 0.3) is 0 Å². The Kier molecular flexibility index (Phi) is 8.40. The highest BCUT2D eigenvalue weighted by molar-refractivity contribution is 7.35. The Bertz CT molecular complexity index is 245. The lowest BCUT2D eigenvalue weighted by molar-refractivity contribution is -0.164. The SMILES string of the molecule is CCCC.O=[P+]([O-])Cc1ccccc1. The van der Waals surface area contributed by atoms with E-state index in [9.17, 15) is 9.46 Å². The highest BCUT2D eigenvalue weighted by atomic mass is 31.1. The molecule has 0 radical (unpaired) electrons. The number of unbranched alkanes of at least 4 members (excludes halogenated alkanes) is 1. The molecule has 0 fully saturated rings. The fourth-order valence-electron chi connectivity index (χ4n) is 0.732. The molecule has 1 atom stereocenters. The molecular formula is C11H17O2P. The van der Waals surface area contributed by atoms with E-state index in [2.05, 4.69) is 13.8 Å². The fourth-order valence-corrected chi connectivity index (χ4v) is 1.24. The first-order chi connectivity index (χ1) is 6.70. The predicted molar refractivity (Wildman–Crippen MR) is 58.3 cm³/mol. The summed E-state index contributed by atoms with van der Waals surface area (Å²) >= 11 is 0. The molecule has 1 aromatic rings. The average Bonchev–Trinajstić information content (AvgIpc) is 2.19. The summed E-state index contributed by atoms with van der Waals surface area (Å²) in [6, 6.07) is 9.11. The van der Waals surface area contributed by atoms with Gasteiger partial charge >= 0.3 is 8.03 Å². The first-order valence-electron chi connectivity index (χ1n) is 4.86. The average molecular weight is 212 g/mol. The molecule has 0 saturated carbocycles. The minimum Gasteiger partial charge on any atom is -0.595 e. The molecule has 0 bridgehead atoms. The Hall–Kier alpha value is -0.720.